The number of aryl methyl sites for hydroxylation is 1. The van der Waals surface area contributed by atoms with Crippen LogP contribution < -0.4 is 0 Å². The van der Waals surface area contributed by atoms with Gasteiger partial charge in [-0.1, -0.05) is 33.6 Å². The van der Waals surface area contributed by atoms with Crippen molar-refractivity contribution in [3.8, 4) is 0 Å². The number of rotatable bonds is 7. The number of hydrogen-bond acceptors (Lipinski definition) is 2. The Labute approximate surface area is 137 Å². The molecule has 0 aliphatic rings. The largest absolute Gasteiger partial charge is 0.478 e. The van der Waals surface area contributed by atoms with Gasteiger partial charge in [0.25, 0.3) is 0 Å². The minimum absolute atomic E-state index is 0.330. The molecule has 0 bridgehead atoms. The number of carbonyl (C=O) groups is 1. The molecule has 4 heteroatoms. The zero-order valence-corrected chi connectivity index (χ0v) is 14.4. The Kier molecular flexibility index (Phi) is 5.47. The average molecular weight is 317 g/mol. The van der Waals surface area contributed by atoms with Crippen molar-refractivity contribution in [1.82, 2.24) is 4.98 Å². The molecule has 0 spiro atoms. The van der Waals surface area contributed by atoms with E-state index < -0.39 is 12.1 Å². The van der Waals surface area contributed by atoms with Gasteiger partial charge in [-0.3, -0.25) is 0 Å². The van der Waals surface area contributed by atoms with Crippen molar-refractivity contribution in [3.05, 3.63) is 34.5 Å². The number of aliphatic hydroxyl groups excluding tert-OH is 1. The van der Waals surface area contributed by atoms with Crippen LogP contribution in [0, 0.1) is 12.8 Å². The molecule has 3 N–H and O–H groups in total. The average Bonchev–Trinajstić information content (AvgIpc) is 2.80. The monoisotopic (exact) mass is 317 g/mol. The van der Waals surface area contributed by atoms with Crippen LogP contribution in [-0.2, 0) is 6.42 Å². The maximum atomic E-state index is 11.4. The summed E-state index contributed by atoms with van der Waals surface area (Å²) in [6.07, 6.45) is 3.03. The van der Waals surface area contributed by atoms with Crippen LogP contribution in [0.3, 0.4) is 0 Å². The van der Waals surface area contributed by atoms with Crippen LogP contribution in [0.4, 0.5) is 0 Å². The molecule has 4 nitrogen and oxygen atoms in total. The highest BCUT2D eigenvalue weighted by molar-refractivity contribution is 5.97. The van der Waals surface area contributed by atoms with Gasteiger partial charge in [-0.25, -0.2) is 4.79 Å². The Bertz CT molecular complexity index is 700. The molecule has 23 heavy (non-hydrogen) atoms. The van der Waals surface area contributed by atoms with Crippen LogP contribution in [-0.4, -0.2) is 21.2 Å². The number of fused-ring (bicyclic) bond motifs is 1. The summed E-state index contributed by atoms with van der Waals surface area (Å²) in [6.45, 7) is 8.18. The Morgan fingerprint density at radius 3 is 2.57 bits per heavy atom. The van der Waals surface area contributed by atoms with Crippen molar-refractivity contribution < 1.29 is 15.0 Å². The van der Waals surface area contributed by atoms with Crippen molar-refractivity contribution in [2.24, 2.45) is 5.92 Å². The SMILES string of the molecule is CCCCC(O)c1[nH]c2cc(C)c(C(=O)O)cc2c1CC(C)C. The number of carboxylic acids is 1. The highest BCUT2D eigenvalue weighted by Gasteiger charge is 2.20. The number of H-pyrrole nitrogens is 1. The first kappa shape index (κ1) is 17.5. The molecule has 0 aliphatic carbocycles. The number of aliphatic hydroxyl groups is 1. The summed E-state index contributed by atoms with van der Waals surface area (Å²) in [5.74, 6) is -0.477. The van der Waals surface area contributed by atoms with Crippen molar-refractivity contribution in [2.75, 3.05) is 0 Å². The molecule has 126 valence electrons. The van der Waals surface area contributed by atoms with Crippen LogP contribution in [0.2, 0.25) is 0 Å². The zero-order valence-electron chi connectivity index (χ0n) is 14.4. The van der Waals surface area contributed by atoms with E-state index in [-0.39, 0.29) is 0 Å². The van der Waals surface area contributed by atoms with Crippen LogP contribution >= 0.6 is 0 Å². The lowest BCUT2D eigenvalue weighted by molar-refractivity contribution is 0.0696. The fraction of sp³-hybridized carbons (Fsp3) is 0.526. The molecule has 1 aromatic heterocycles. The summed E-state index contributed by atoms with van der Waals surface area (Å²) in [7, 11) is 0. The standard InChI is InChI=1S/C19H27NO3/c1-5-6-7-17(21)18-15(8-11(2)3)14-10-13(19(22)23)12(4)9-16(14)20-18/h9-11,17,20-21H,5-8H2,1-4H3,(H,22,23). The summed E-state index contributed by atoms with van der Waals surface area (Å²) in [4.78, 5) is 14.8. The molecule has 2 aromatic rings. The third-order valence-corrected chi connectivity index (χ3v) is 4.29. The van der Waals surface area contributed by atoms with E-state index in [9.17, 15) is 15.0 Å². The van der Waals surface area contributed by atoms with E-state index in [1.165, 1.54) is 0 Å². The first-order chi connectivity index (χ1) is 10.8. The van der Waals surface area contributed by atoms with Gasteiger partial charge < -0.3 is 15.2 Å². The van der Waals surface area contributed by atoms with Gasteiger partial charge in [-0.05, 0) is 48.9 Å². The molecular weight excluding hydrogens is 290 g/mol. The lowest BCUT2D eigenvalue weighted by Crippen LogP contribution is -2.04. The normalized spacial score (nSPS) is 13.0. The number of aromatic amines is 1. The summed E-state index contributed by atoms with van der Waals surface area (Å²) >= 11 is 0. The second-order valence-electron chi connectivity index (χ2n) is 6.79. The Balaban J connectivity index is 2.59. The molecule has 0 amide bonds. The highest BCUT2D eigenvalue weighted by Crippen LogP contribution is 2.32. The number of nitrogens with one attached hydrogen (secondary N) is 1. The van der Waals surface area contributed by atoms with Gasteiger partial charge in [0, 0.05) is 16.6 Å². The van der Waals surface area contributed by atoms with Gasteiger partial charge >= 0.3 is 5.97 Å². The molecule has 1 heterocycles. The molecule has 0 radical (unpaired) electrons. The van der Waals surface area contributed by atoms with Crippen LogP contribution in [0.25, 0.3) is 10.9 Å². The van der Waals surface area contributed by atoms with E-state index >= 15 is 0 Å². The second kappa shape index (κ2) is 7.18. The molecule has 1 atom stereocenters. The van der Waals surface area contributed by atoms with Gasteiger partial charge in [0.1, 0.15) is 0 Å². The molecule has 2 rings (SSSR count). The van der Waals surface area contributed by atoms with Gasteiger partial charge in [0.05, 0.1) is 11.7 Å². The molecule has 1 unspecified atom stereocenters. The van der Waals surface area contributed by atoms with Gasteiger partial charge in [0.15, 0.2) is 0 Å². The third kappa shape index (κ3) is 3.75. The number of unbranched alkanes of at least 4 members (excludes halogenated alkanes) is 1. The van der Waals surface area contributed by atoms with Crippen molar-refractivity contribution >= 4 is 16.9 Å². The number of hydrogen-bond donors (Lipinski definition) is 3. The van der Waals surface area contributed by atoms with Crippen molar-refractivity contribution in [3.63, 3.8) is 0 Å². The second-order valence-corrected chi connectivity index (χ2v) is 6.79. The topological polar surface area (TPSA) is 73.3 Å². The van der Waals surface area contributed by atoms with Crippen LogP contribution in [0.1, 0.15) is 73.3 Å². The number of aromatic carboxylic acids is 1. The fourth-order valence-corrected chi connectivity index (χ4v) is 3.11. The number of benzene rings is 1. The van der Waals surface area contributed by atoms with Crippen molar-refractivity contribution in [1.29, 1.82) is 0 Å². The Morgan fingerprint density at radius 1 is 1.30 bits per heavy atom. The van der Waals surface area contributed by atoms with Gasteiger partial charge in [0.2, 0.25) is 0 Å². The predicted octanol–water partition coefficient (Wildman–Crippen LogP) is 4.60. The maximum Gasteiger partial charge on any atom is 0.335 e. The fourth-order valence-electron chi connectivity index (χ4n) is 3.11. The summed E-state index contributed by atoms with van der Waals surface area (Å²) in [5.41, 5.74) is 3.88. The first-order valence-corrected chi connectivity index (χ1v) is 8.41. The first-order valence-electron chi connectivity index (χ1n) is 8.41. The van der Waals surface area contributed by atoms with E-state index in [0.717, 1.165) is 53.4 Å². The lowest BCUT2D eigenvalue weighted by Gasteiger charge is -2.13. The van der Waals surface area contributed by atoms with Gasteiger partial charge in [-0.2, -0.15) is 0 Å². The molecule has 0 fully saturated rings. The smallest absolute Gasteiger partial charge is 0.335 e. The van der Waals surface area contributed by atoms with E-state index in [1.807, 2.05) is 6.07 Å². The number of carboxylic acid groups (broad SMARTS) is 1. The Morgan fingerprint density at radius 2 is 2.00 bits per heavy atom. The molecule has 0 saturated carbocycles. The molecule has 1 aromatic carbocycles. The molecule has 0 aliphatic heterocycles. The van der Waals surface area contributed by atoms with Crippen LogP contribution in [0.15, 0.2) is 12.1 Å². The zero-order chi connectivity index (χ0) is 17.1. The summed E-state index contributed by atoms with van der Waals surface area (Å²) in [6, 6.07) is 3.62. The quantitative estimate of drug-likeness (QED) is 0.699. The van der Waals surface area contributed by atoms with E-state index in [0.29, 0.717) is 11.5 Å². The van der Waals surface area contributed by atoms with E-state index in [1.54, 1.807) is 13.0 Å². The molecular formula is C19H27NO3. The molecule has 0 saturated heterocycles. The maximum absolute atomic E-state index is 11.4. The third-order valence-electron chi connectivity index (χ3n) is 4.29. The summed E-state index contributed by atoms with van der Waals surface area (Å²) < 4.78 is 0. The van der Waals surface area contributed by atoms with E-state index in [2.05, 4.69) is 25.8 Å². The number of aromatic nitrogens is 1. The Hall–Kier alpha value is -1.81. The van der Waals surface area contributed by atoms with E-state index in [4.69, 9.17) is 0 Å². The minimum Gasteiger partial charge on any atom is -0.478 e. The van der Waals surface area contributed by atoms with Crippen molar-refractivity contribution in [2.45, 2.75) is 59.5 Å². The minimum atomic E-state index is -0.908. The lowest BCUT2D eigenvalue weighted by atomic mass is 9.95. The predicted molar refractivity (Wildman–Crippen MR) is 93.0 cm³/mol. The highest BCUT2D eigenvalue weighted by atomic mass is 16.4. The van der Waals surface area contributed by atoms with Gasteiger partial charge in [-0.15, -0.1) is 0 Å². The summed E-state index contributed by atoms with van der Waals surface area (Å²) in [5, 5.41) is 20.8. The van der Waals surface area contributed by atoms with Crippen LogP contribution in [0.5, 0.6) is 0 Å².